The molecule has 100 valence electrons. The van der Waals surface area contributed by atoms with Crippen LogP contribution in [0.2, 0.25) is 0 Å². The first-order valence-corrected chi connectivity index (χ1v) is 8.23. The number of fused-ring (bicyclic) bond motifs is 1. The van der Waals surface area contributed by atoms with Crippen molar-refractivity contribution in [1.29, 1.82) is 0 Å². The number of nitrogens with one attached hydrogen (secondary N) is 1. The van der Waals surface area contributed by atoms with Crippen LogP contribution in [0.25, 0.3) is 0 Å². The van der Waals surface area contributed by atoms with E-state index in [4.69, 9.17) is 0 Å². The second kappa shape index (κ2) is 5.24. The number of hydrogen-bond acceptors (Lipinski definition) is 3. The van der Waals surface area contributed by atoms with Crippen molar-refractivity contribution in [2.24, 2.45) is 5.92 Å². The number of hydrogen-bond donors (Lipinski definition) is 1. The van der Waals surface area contributed by atoms with Crippen LogP contribution in [0, 0.1) is 5.92 Å². The molecular formula is C12H24N2O2S. The predicted octanol–water partition coefficient (Wildman–Crippen LogP) is 1.19. The number of rotatable bonds is 4. The van der Waals surface area contributed by atoms with Crippen LogP contribution < -0.4 is 5.32 Å². The highest BCUT2D eigenvalue weighted by Crippen LogP contribution is 2.38. The van der Waals surface area contributed by atoms with Crippen molar-refractivity contribution >= 4 is 10.0 Å². The van der Waals surface area contributed by atoms with Gasteiger partial charge in [-0.25, -0.2) is 8.42 Å². The van der Waals surface area contributed by atoms with E-state index in [-0.39, 0.29) is 5.25 Å². The summed E-state index contributed by atoms with van der Waals surface area (Å²) in [4.78, 5) is 0. The van der Waals surface area contributed by atoms with Crippen molar-refractivity contribution in [3.05, 3.63) is 0 Å². The number of sulfonamides is 1. The van der Waals surface area contributed by atoms with Crippen LogP contribution in [0.15, 0.2) is 0 Å². The standard InChI is InChI=1S/C12H24N2O2S/c1-10(9-13-2)17(15,16)14-8-7-11-5-3-4-6-12(11)14/h10-13H,3-9H2,1-2H3. The summed E-state index contributed by atoms with van der Waals surface area (Å²) < 4.78 is 26.7. The quantitative estimate of drug-likeness (QED) is 0.826. The predicted molar refractivity (Wildman–Crippen MR) is 69.4 cm³/mol. The summed E-state index contributed by atoms with van der Waals surface area (Å²) in [5, 5.41) is 2.65. The molecule has 1 aliphatic carbocycles. The molecule has 3 unspecified atom stereocenters. The van der Waals surface area contributed by atoms with Crippen LogP contribution in [0.1, 0.15) is 39.0 Å². The molecule has 0 aromatic rings. The van der Waals surface area contributed by atoms with Gasteiger partial charge in [0, 0.05) is 19.1 Å². The molecule has 0 spiro atoms. The summed E-state index contributed by atoms with van der Waals surface area (Å²) in [6.45, 7) is 3.09. The lowest BCUT2D eigenvalue weighted by atomic mass is 9.86. The summed E-state index contributed by atoms with van der Waals surface area (Å²) >= 11 is 0. The fraction of sp³-hybridized carbons (Fsp3) is 1.00. The van der Waals surface area contributed by atoms with E-state index in [9.17, 15) is 8.42 Å². The van der Waals surface area contributed by atoms with Gasteiger partial charge in [0.15, 0.2) is 0 Å². The first-order chi connectivity index (χ1) is 8.07. The van der Waals surface area contributed by atoms with E-state index in [1.165, 1.54) is 19.3 Å². The Morgan fingerprint density at radius 3 is 2.71 bits per heavy atom. The Morgan fingerprint density at radius 2 is 2.00 bits per heavy atom. The Kier molecular flexibility index (Phi) is 4.10. The second-order valence-electron chi connectivity index (χ2n) is 5.42. The Balaban J connectivity index is 2.11. The van der Waals surface area contributed by atoms with Gasteiger partial charge in [0.2, 0.25) is 10.0 Å². The van der Waals surface area contributed by atoms with Gasteiger partial charge in [-0.15, -0.1) is 0 Å². The molecule has 1 N–H and O–H groups in total. The molecule has 17 heavy (non-hydrogen) atoms. The Bertz CT molecular complexity index is 356. The lowest BCUT2D eigenvalue weighted by Gasteiger charge is -2.32. The lowest BCUT2D eigenvalue weighted by molar-refractivity contribution is 0.259. The van der Waals surface area contributed by atoms with Gasteiger partial charge in [0.1, 0.15) is 0 Å². The molecule has 0 amide bonds. The molecule has 4 nitrogen and oxygen atoms in total. The highest BCUT2D eigenvalue weighted by atomic mass is 32.2. The van der Waals surface area contributed by atoms with Gasteiger partial charge < -0.3 is 5.32 Å². The fourth-order valence-electron chi connectivity index (χ4n) is 3.30. The van der Waals surface area contributed by atoms with Gasteiger partial charge in [-0.05, 0) is 39.2 Å². The summed E-state index contributed by atoms with van der Waals surface area (Å²) in [6.07, 6.45) is 5.82. The van der Waals surface area contributed by atoms with Gasteiger partial charge in [0.05, 0.1) is 5.25 Å². The molecular weight excluding hydrogens is 236 g/mol. The van der Waals surface area contributed by atoms with E-state index in [0.29, 0.717) is 18.5 Å². The van der Waals surface area contributed by atoms with Gasteiger partial charge in [-0.3, -0.25) is 0 Å². The monoisotopic (exact) mass is 260 g/mol. The average Bonchev–Trinajstić information content (AvgIpc) is 2.73. The summed E-state index contributed by atoms with van der Waals surface area (Å²) in [5.74, 6) is 0.625. The maximum atomic E-state index is 12.5. The van der Waals surface area contributed by atoms with E-state index >= 15 is 0 Å². The van der Waals surface area contributed by atoms with Crippen LogP contribution in [0.3, 0.4) is 0 Å². The summed E-state index contributed by atoms with van der Waals surface area (Å²) in [5.41, 5.74) is 0. The third kappa shape index (κ3) is 2.51. The third-order valence-corrected chi connectivity index (χ3v) is 6.58. The van der Waals surface area contributed by atoms with E-state index < -0.39 is 10.0 Å². The van der Waals surface area contributed by atoms with Crippen molar-refractivity contribution in [2.75, 3.05) is 20.1 Å². The zero-order valence-corrected chi connectivity index (χ0v) is 11.7. The highest BCUT2D eigenvalue weighted by molar-refractivity contribution is 7.89. The zero-order valence-electron chi connectivity index (χ0n) is 10.9. The molecule has 1 saturated carbocycles. The van der Waals surface area contributed by atoms with Crippen molar-refractivity contribution in [2.45, 2.75) is 50.3 Å². The van der Waals surface area contributed by atoms with Crippen molar-refractivity contribution in [3.8, 4) is 0 Å². The van der Waals surface area contributed by atoms with Crippen molar-refractivity contribution < 1.29 is 8.42 Å². The largest absolute Gasteiger partial charge is 0.318 e. The first kappa shape index (κ1) is 13.3. The van der Waals surface area contributed by atoms with Gasteiger partial charge >= 0.3 is 0 Å². The van der Waals surface area contributed by atoms with Crippen LogP contribution in [-0.4, -0.2) is 44.2 Å². The molecule has 3 atom stereocenters. The van der Waals surface area contributed by atoms with E-state index in [2.05, 4.69) is 5.32 Å². The van der Waals surface area contributed by atoms with Crippen LogP contribution >= 0.6 is 0 Å². The van der Waals surface area contributed by atoms with Gasteiger partial charge in [0.25, 0.3) is 0 Å². The summed E-state index contributed by atoms with van der Waals surface area (Å²) in [6, 6.07) is 0.299. The lowest BCUT2D eigenvalue weighted by Crippen LogP contribution is -2.45. The third-order valence-electron chi connectivity index (χ3n) is 4.29. The maximum Gasteiger partial charge on any atom is 0.218 e. The smallest absolute Gasteiger partial charge is 0.218 e. The zero-order chi connectivity index (χ0) is 12.5. The molecule has 0 aromatic heterocycles. The van der Waals surface area contributed by atoms with Crippen LogP contribution in [0.4, 0.5) is 0 Å². The SMILES string of the molecule is CNCC(C)S(=O)(=O)N1CCC2CCCCC21. The van der Waals surface area contributed by atoms with Gasteiger partial charge in [-0.1, -0.05) is 12.8 Å². The minimum Gasteiger partial charge on any atom is -0.318 e. The fourth-order valence-corrected chi connectivity index (χ4v) is 5.16. The molecule has 5 heteroatoms. The molecule has 0 aromatic carbocycles. The van der Waals surface area contributed by atoms with Crippen molar-refractivity contribution in [3.63, 3.8) is 0 Å². The highest BCUT2D eigenvalue weighted by Gasteiger charge is 2.43. The van der Waals surface area contributed by atoms with E-state index in [1.807, 2.05) is 6.92 Å². The normalized spacial score (nSPS) is 32.4. The van der Waals surface area contributed by atoms with Crippen LogP contribution in [-0.2, 0) is 10.0 Å². The molecule has 2 aliphatic rings. The molecule has 1 heterocycles. The van der Waals surface area contributed by atoms with Crippen molar-refractivity contribution in [1.82, 2.24) is 9.62 Å². The average molecular weight is 260 g/mol. The Labute approximate surface area is 105 Å². The van der Waals surface area contributed by atoms with Gasteiger partial charge in [-0.2, -0.15) is 4.31 Å². The number of nitrogens with zero attached hydrogens (tertiary/aromatic N) is 1. The summed E-state index contributed by atoms with van der Waals surface area (Å²) in [7, 11) is -1.30. The molecule has 0 bridgehead atoms. The molecule has 2 fully saturated rings. The maximum absolute atomic E-state index is 12.5. The van der Waals surface area contributed by atoms with E-state index in [0.717, 1.165) is 19.4 Å². The molecule has 2 rings (SSSR count). The molecule has 1 aliphatic heterocycles. The molecule has 0 radical (unpaired) electrons. The Morgan fingerprint density at radius 1 is 1.29 bits per heavy atom. The topological polar surface area (TPSA) is 49.4 Å². The Hall–Kier alpha value is -0.130. The minimum atomic E-state index is -3.10. The first-order valence-electron chi connectivity index (χ1n) is 6.72. The molecule has 1 saturated heterocycles. The van der Waals surface area contributed by atoms with Crippen LogP contribution in [0.5, 0.6) is 0 Å². The second-order valence-corrected chi connectivity index (χ2v) is 7.73. The minimum absolute atomic E-state index is 0.299. The van der Waals surface area contributed by atoms with E-state index in [1.54, 1.807) is 11.4 Å².